The van der Waals surface area contributed by atoms with Crippen LogP contribution < -0.4 is 0 Å². The van der Waals surface area contributed by atoms with Crippen LogP contribution in [0.4, 0.5) is 9.18 Å². The number of benzene rings is 1. The number of hydrogen-bond donors (Lipinski definition) is 0. The number of ether oxygens (including phenoxy) is 1. The van der Waals surface area contributed by atoms with Crippen molar-refractivity contribution in [2.24, 2.45) is 5.92 Å². The Labute approximate surface area is 159 Å². The molecule has 27 heavy (non-hydrogen) atoms. The van der Waals surface area contributed by atoms with E-state index in [4.69, 9.17) is 4.74 Å². The van der Waals surface area contributed by atoms with Crippen molar-refractivity contribution >= 4 is 11.9 Å². The number of rotatable bonds is 2. The van der Waals surface area contributed by atoms with Gasteiger partial charge < -0.3 is 9.64 Å². The monoisotopic (exact) mass is 372 g/mol. The van der Waals surface area contributed by atoms with Crippen LogP contribution in [0.3, 0.4) is 0 Å². The van der Waals surface area contributed by atoms with Crippen LogP contribution in [0.25, 0.3) is 0 Å². The van der Waals surface area contributed by atoms with Crippen LogP contribution in [-0.4, -0.2) is 34.5 Å². The first-order valence-corrected chi connectivity index (χ1v) is 9.45. The van der Waals surface area contributed by atoms with Gasteiger partial charge in [0.15, 0.2) is 5.78 Å². The van der Waals surface area contributed by atoms with Gasteiger partial charge in [0.05, 0.1) is 11.6 Å². The van der Waals surface area contributed by atoms with Gasteiger partial charge in [-0.1, -0.05) is 0 Å². The summed E-state index contributed by atoms with van der Waals surface area (Å²) in [5, 5.41) is 9.25. The van der Waals surface area contributed by atoms with Gasteiger partial charge in [0.1, 0.15) is 11.4 Å². The number of amides is 1. The maximum absolute atomic E-state index is 13.6. The van der Waals surface area contributed by atoms with Crippen LogP contribution >= 0.6 is 0 Å². The third-order valence-corrected chi connectivity index (χ3v) is 5.32. The summed E-state index contributed by atoms with van der Waals surface area (Å²) in [6.45, 7) is 5.51. The predicted molar refractivity (Wildman–Crippen MR) is 97.7 cm³/mol. The van der Waals surface area contributed by atoms with Gasteiger partial charge in [0.2, 0.25) is 0 Å². The molecule has 2 unspecified atom stereocenters. The lowest BCUT2D eigenvalue weighted by atomic mass is 9.75. The van der Waals surface area contributed by atoms with Gasteiger partial charge in [0.25, 0.3) is 0 Å². The second kappa shape index (κ2) is 7.30. The number of Topliss-reactive ketones (excluding diaryl/α,β-unsaturated/α-hetero) is 1. The number of nitrogens with zero attached hydrogens (tertiary/aromatic N) is 2. The van der Waals surface area contributed by atoms with E-state index in [9.17, 15) is 19.2 Å². The minimum absolute atomic E-state index is 0.0552. The number of carbonyl (C=O) groups is 2. The Morgan fingerprint density at radius 2 is 1.85 bits per heavy atom. The van der Waals surface area contributed by atoms with Crippen molar-refractivity contribution in [2.45, 2.75) is 70.6 Å². The molecule has 1 amide bonds. The molecule has 2 heterocycles. The Balaban J connectivity index is 1.81. The molecule has 0 N–H and O–H groups in total. The van der Waals surface area contributed by atoms with E-state index < -0.39 is 11.4 Å². The Bertz CT molecular complexity index is 780. The Kier molecular flexibility index (Phi) is 5.23. The number of ketones is 1. The highest BCUT2D eigenvalue weighted by molar-refractivity contribution is 6.00. The summed E-state index contributed by atoms with van der Waals surface area (Å²) in [7, 11) is 0. The number of fused-ring (bicyclic) bond motifs is 2. The van der Waals surface area contributed by atoms with Gasteiger partial charge in [-0.15, -0.1) is 0 Å². The van der Waals surface area contributed by atoms with Crippen molar-refractivity contribution in [1.82, 2.24) is 4.90 Å². The summed E-state index contributed by atoms with van der Waals surface area (Å²) in [5.41, 5.74) is -0.228. The first kappa shape index (κ1) is 19.3. The number of piperidine rings is 2. The van der Waals surface area contributed by atoms with Crippen LogP contribution in [0, 0.1) is 23.1 Å². The van der Waals surface area contributed by atoms with Gasteiger partial charge in [-0.2, -0.15) is 5.26 Å². The first-order chi connectivity index (χ1) is 12.7. The van der Waals surface area contributed by atoms with Crippen LogP contribution in [0.5, 0.6) is 0 Å². The highest BCUT2D eigenvalue weighted by Gasteiger charge is 2.44. The van der Waals surface area contributed by atoms with E-state index in [1.54, 1.807) is 4.90 Å². The smallest absolute Gasteiger partial charge is 0.410 e. The standard InChI is InChI=1S/C21H25FN2O3/c1-21(2,3)27-20(26)24-16-5-4-6-17(24)10-14(9-16)19(25)18-11-15(22)8-7-13(18)12-23/h7-8,11,14,16-17H,4-6,9-10H2,1-3H3. The zero-order chi connectivity index (χ0) is 19.8. The molecule has 144 valence electrons. The Morgan fingerprint density at radius 1 is 1.22 bits per heavy atom. The second-order valence-electron chi connectivity index (χ2n) is 8.46. The average Bonchev–Trinajstić information content (AvgIpc) is 2.58. The van der Waals surface area contributed by atoms with E-state index in [0.29, 0.717) is 12.8 Å². The number of carbonyl (C=O) groups excluding carboxylic acids is 2. The molecule has 2 saturated heterocycles. The quantitative estimate of drug-likeness (QED) is 0.719. The molecular formula is C21H25FN2O3. The molecular weight excluding hydrogens is 347 g/mol. The Hall–Kier alpha value is -2.42. The zero-order valence-electron chi connectivity index (χ0n) is 16.0. The van der Waals surface area contributed by atoms with Crippen LogP contribution in [0.1, 0.15) is 68.8 Å². The van der Waals surface area contributed by atoms with E-state index in [0.717, 1.165) is 25.3 Å². The van der Waals surface area contributed by atoms with Gasteiger partial charge in [-0.25, -0.2) is 9.18 Å². The van der Waals surface area contributed by atoms with Crippen LogP contribution in [0.15, 0.2) is 18.2 Å². The molecule has 2 bridgehead atoms. The third kappa shape index (κ3) is 4.13. The lowest BCUT2D eigenvalue weighted by Gasteiger charge is -2.48. The SMILES string of the molecule is CC(C)(C)OC(=O)N1C2CCCC1CC(C(=O)c1cc(F)ccc1C#N)C2. The normalized spacial score (nSPS) is 24.9. The summed E-state index contributed by atoms with van der Waals surface area (Å²) >= 11 is 0. The van der Waals surface area contributed by atoms with Crippen LogP contribution in [-0.2, 0) is 4.74 Å². The number of hydrogen-bond acceptors (Lipinski definition) is 4. The highest BCUT2D eigenvalue weighted by Crippen LogP contribution is 2.39. The predicted octanol–water partition coefficient (Wildman–Crippen LogP) is 4.45. The van der Waals surface area contributed by atoms with Crippen molar-refractivity contribution in [1.29, 1.82) is 5.26 Å². The molecule has 0 aromatic heterocycles. The molecule has 0 saturated carbocycles. The zero-order valence-corrected chi connectivity index (χ0v) is 16.0. The molecule has 6 heteroatoms. The first-order valence-electron chi connectivity index (χ1n) is 9.45. The fourth-order valence-corrected chi connectivity index (χ4v) is 4.25. The largest absolute Gasteiger partial charge is 0.444 e. The van der Waals surface area contributed by atoms with Gasteiger partial charge in [-0.05, 0) is 71.1 Å². The van der Waals surface area contributed by atoms with E-state index in [-0.39, 0.29) is 41.0 Å². The summed E-state index contributed by atoms with van der Waals surface area (Å²) in [5.74, 6) is -1.04. The van der Waals surface area contributed by atoms with Crippen molar-refractivity contribution in [2.75, 3.05) is 0 Å². The van der Waals surface area contributed by atoms with E-state index in [2.05, 4.69) is 0 Å². The lowest BCUT2D eigenvalue weighted by molar-refractivity contribution is -0.0260. The molecule has 0 spiro atoms. The maximum Gasteiger partial charge on any atom is 0.410 e. The fraction of sp³-hybridized carbons (Fsp3) is 0.571. The molecule has 2 aliphatic rings. The molecule has 3 rings (SSSR count). The molecule has 2 atom stereocenters. The highest BCUT2D eigenvalue weighted by atomic mass is 19.1. The van der Waals surface area contributed by atoms with Crippen molar-refractivity contribution in [3.8, 4) is 6.07 Å². The van der Waals surface area contributed by atoms with E-state index >= 15 is 0 Å². The van der Waals surface area contributed by atoms with Crippen molar-refractivity contribution in [3.05, 3.63) is 35.1 Å². The average molecular weight is 372 g/mol. The molecule has 2 aliphatic heterocycles. The molecule has 5 nitrogen and oxygen atoms in total. The number of nitriles is 1. The maximum atomic E-state index is 13.6. The number of halogens is 1. The summed E-state index contributed by atoms with van der Waals surface area (Å²) in [6, 6.07) is 5.55. The summed E-state index contributed by atoms with van der Waals surface area (Å²) in [4.78, 5) is 27.5. The van der Waals surface area contributed by atoms with Gasteiger partial charge >= 0.3 is 6.09 Å². The topological polar surface area (TPSA) is 70.4 Å². The molecule has 1 aromatic carbocycles. The molecule has 1 aromatic rings. The van der Waals surface area contributed by atoms with Crippen molar-refractivity contribution in [3.63, 3.8) is 0 Å². The fourth-order valence-electron chi connectivity index (χ4n) is 4.25. The summed E-state index contributed by atoms with van der Waals surface area (Å²) in [6.07, 6.45) is 3.39. The van der Waals surface area contributed by atoms with Gasteiger partial charge in [0, 0.05) is 23.6 Å². The van der Waals surface area contributed by atoms with E-state index in [1.807, 2.05) is 26.8 Å². The molecule has 2 fully saturated rings. The summed E-state index contributed by atoms with van der Waals surface area (Å²) < 4.78 is 19.2. The lowest BCUT2D eigenvalue weighted by Crippen LogP contribution is -2.56. The van der Waals surface area contributed by atoms with Crippen molar-refractivity contribution < 1.29 is 18.7 Å². The van der Waals surface area contributed by atoms with E-state index in [1.165, 1.54) is 12.1 Å². The Morgan fingerprint density at radius 3 is 2.41 bits per heavy atom. The second-order valence-corrected chi connectivity index (χ2v) is 8.46. The molecule has 0 radical (unpaired) electrons. The third-order valence-electron chi connectivity index (χ3n) is 5.32. The minimum atomic E-state index is -0.568. The minimum Gasteiger partial charge on any atom is -0.444 e. The van der Waals surface area contributed by atoms with Crippen LogP contribution in [0.2, 0.25) is 0 Å². The van der Waals surface area contributed by atoms with Gasteiger partial charge in [-0.3, -0.25) is 4.79 Å². The molecule has 0 aliphatic carbocycles.